The number of aromatic nitrogens is 1. The Morgan fingerprint density at radius 1 is 0.941 bits per heavy atom. The molecule has 0 saturated heterocycles. The molecule has 3 aromatic carbocycles. The van der Waals surface area contributed by atoms with Crippen molar-refractivity contribution in [3.8, 4) is 23.0 Å². The summed E-state index contributed by atoms with van der Waals surface area (Å²) in [6.07, 6.45) is 1.76. The molecule has 0 aliphatic heterocycles. The third-order valence-electron chi connectivity index (χ3n) is 5.36. The fourth-order valence-corrected chi connectivity index (χ4v) is 4.40. The molecule has 0 amide bonds. The zero-order chi connectivity index (χ0) is 23.3. The number of hydrogen-bond donors (Lipinski definition) is 0. The summed E-state index contributed by atoms with van der Waals surface area (Å²) in [6.45, 7) is 0.558. The number of ether oxygens (including phenoxy) is 2. The smallest absolute Gasteiger partial charge is 0.206 e. The predicted molar refractivity (Wildman–Crippen MR) is 136 cm³/mol. The molecule has 7 heteroatoms. The van der Waals surface area contributed by atoms with Crippen molar-refractivity contribution in [2.45, 2.75) is 6.54 Å². The van der Waals surface area contributed by atoms with Crippen LogP contribution in [0.15, 0.2) is 98.8 Å². The molecule has 0 aliphatic carbocycles. The van der Waals surface area contributed by atoms with E-state index < -0.39 is 0 Å². The van der Waals surface area contributed by atoms with Crippen molar-refractivity contribution in [1.29, 1.82) is 0 Å². The van der Waals surface area contributed by atoms with Gasteiger partial charge in [0.05, 0.1) is 27.0 Å². The van der Waals surface area contributed by atoms with Gasteiger partial charge in [0.15, 0.2) is 5.76 Å². The summed E-state index contributed by atoms with van der Waals surface area (Å²) in [7, 11) is 3.26. The largest absolute Gasteiger partial charge is 0.497 e. The molecule has 0 saturated carbocycles. The van der Waals surface area contributed by atoms with Gasteiger partial charge >= 0.3 is 0 Å². The van der Waals surface area contributed by atoms with Crippen molar-refractivity contribution in [3.63, 3.8) is 0 Å². The van der Waals surface area contributed by atoms with E-state index in [-0.39, 0.29) is 0 Å². The van der Waals surface area contributed by atoms with Gasteiger partial charge in [-0.15, -0.1) is 11.3 Å². The molecule has 2 aromatic heterocycles. The fraction of sp³-hybridized carbons (Fsp3) is 0.111. The number of benzene rings is 3. The summed E-state index contributed by atoms with van der Waals surface area (Å²) in [5.74, 6) is 2.13. The van der Waals surface area contributed by atoms with Crippen LogP contribution in [-0.2, 0) is 6.54 Å². The SMILES string of the molecule is COc1ccc(/C=N\n2c(-c3cc4ccccc4o3)csc2=NCc2ccccc2)c(OC)c1. The summed E-state index contributed by atoms with van der Waals surface area (Å²) in [6, 6.07) is 25.8. The first-order valence-electron chi connectivity index (χ1n) is 10.8. The standard InChI is InChI=1S/C27H23N3O3S/c1-31-22-13-12-21(25(15-22)32-2)17-29-30-23(26-14-20-10-6-7-11-24(20)33-26)18-34-27(30)28-16-19-8-4-3-5-9-19/h3-15,17-18H,16H2,1-2H3/b28-27?,29-17-. The molecule has 6 nitrogen and oxygen atoms in total. The average Bonchev–Trinajstić information content (AvgIpc) is 3.50. The van der Waals surface area contributed by atoms with E-state index in [1.54, 1.807) is 20.4 Å². The van der Waals surface area contributed by atoms with Crippen molar-refractivity contribution in [2.75, 3.05) is 14.2 Å². The Morgan fingerprint density at radius 2 is 1.76 bits per heavy atom. The van der Waals surface area contributed by atoms with Crippen LogP contribution in [-0.4, -0.2) is 25.1 Å². The van der Waals surface area contributed by atoms with E-state index in [1.807, 2.05) is 76.8 Å². The number of hydrogen-bond acceptors (Lipinski definition) is 6. The number of para-hydroxylation sites is 1. The Morgan fingerprint density at radius 3 is 2.56 bits per heavy atom. The van der Waals surface area contributed by atoms with Gasteiger partial charge < -0.3 is 13.9 Å². The van der Waals surface area contributed by atoms with Gasteiger partial charge in [-0.25, -0.2) is 4.68 Å². The summed E-state index contributed by atoms with van der Waals surface area (Å²) in [4.78, 5) is 5.60. The van der Waals surface area contributed by atoms with Crippen LogP contribution in [0.25, 0.3) is 22.4 Å². The van der Waals surface area contributed by atoms with Crippen LogP contribution in [0, 0.1) is 0 Å². The molecule has 0 aliphatic rings. The Balaban J connectivity index is 1.59. The van der Waals surface area contributed by atoms with Crippen molar-refractivity contribution < 1.29 is 13.9 Å². The van der Waals surface area contributed by atoms with E-state index in [9.17, 15) is 0 Å². The Bertz CT molecular complexity index is 1480. The summed E-state index contributed by atoms with van der Waals surface area (Å²) >= 11 is 1.52. The van der Waals surface area contributed by atoms with Crippen molar-refractivity contribution in [3.05, 3.63) is 100 Å². The zero-order valence-corrected chi connectivity index (χ0v) is 19.7. The molecule has 0 spiro atoms. The van der Waals surface area contributed by atoms with E-state index in [0.29, 0.717) is 12.3 Å². The number of rotatable bonds is 7. The quantitative estimate of drug-likeness (QED) is 0.276. The number of nitrogens with zero attached hydrogens (tertiary/aromatic N) is 3. The van der Waals surface area contributed by atoms with Crippen molar-refractivity contribution in [2.24, 2.45) is 10.1 Å². The predicted octanol–water partition coefficient (Wildman–Crippen LogP) is 5.96. The van der Waals surface area contributed by atoms with Crippen molar-refractivity contribution >= 4 is 28.5 Å². The normalized spacial score (nSPS) is 12.0. The molecule has 0 fully saturated rings. The fourth-order valence-electron chi connectivity index (χ4n) is 3.59. The third kappa shape index (κ3) is 4.51. The molecule has 0 atom stereocenters. The van der Waals surface area contributed by atoms with E-state index in [4.69, 9.17) is 24.0 Å². The highest BCUT2D eigenvalue weighted by Gasteiger charge is 2.13. The lowest BCUT2D eigenvalue weighted by atomic mass is 10.2. The maximum Gasteiger partial charge on any atom is 0.206 e. The van der Waals surface area contributed by atoms with Gasteiger partial charge in [0.25, 0.3) is 0 Å². The molecule has 0 unspecified atom stereocenters. The summed E-state index contributed by atoms with van der Waals surface area (Å²) in [5, 5.41) is 7.85. The Kier molecular flexibility index (Phi) is 6.27. The molecule has 34 heavy (non-hydrogen) atoms. The molecule has 2 heterocycles. The highest BCUT2D eigenvalue weighted by Crippen LogP contribution is 2.28. The van der Waals surface area contributed by atoms with Gasteiger partial charge in [0.2, 0.25) is 4.80 Å². The third-order valence-corrected chi connectivity index (χ3v) is 6.21. The number of fused-ring (bicyclic) bond motifs is 1. The van der Waals surface area contributed by atoms with Gasteiger partial charge in [-0.3, -0.25) is 4.99 Å². The minimum Gasteiger partial charge on any atom is -0.497 e. The molecule has 0 bridgehead atoms. The average molecular weight is 470 g/mol. The van der Waals surface area contributed by atoms with E-state index in [0.717, 1.165) is 44.1 Å². The van der Waals surface area contributed by atoms with E-state index in [1.165, 1.54) is 11.3 Å². The summed E-state index contributed by atoms with van der Waals surface area (Å²) < 4.78 is 18.8. The number of thiazole rings is 1. The molecular weight excluding hydrogens is 446 g/mol. The first-order chi connectivity index (χ1) is 16.7. The first-order valence-corrected chi connectivity index (χ1v) is 11.6. The van der Waals surface area contributed by atoms with Crippen LogP contribution in [0.2, 0.25) is 0 Å². The number of furan rings is 1. The zero-order valence-electron chi connectivity index (χ0n) is 18.8. The maximum atomic E-state index is 6.13. The molecular formula is C27H23N3O3S. The molecule has 0 N–H and O–H groups in total. The van der Waals surface area contributed by atoms with Gasteiger partial charge in [-0.05, 0) is 29.8 Å². The molecule has 5 aromatic rings. The lowest BCUT2D eigenvalue weighted by molar-refractivity contribution is 0.394. The van der Waals surface area contributed by atoms with E-state index in [2.05, 4.69) is 12.1 Å². The van der Waals surface area contributed by atoms with Gasteiger partial charge in [0.1, 0.15) is 22.8 Å². The highest BCUT2D eigenvalue weighted by molar-refractivity contribution is 7.07. The number of methoxy groups -OCH3 is 2. The van der Waals surface area contributed by atoms with E-state index >= 15 is 0 Å². The highest BCUT2D eigenvalue weighted by atomic mass is 32.1. The molecule has 0 radical (unpaired) electrons. The van der Waals surface area contributed by atoms with Crippen LogP contribution in [0.4, 0.5) is 0 Å². The second-order valence-corrected chi connectivity index (χ2v) is 8.35. The maximum absolute atomic E-state index is 6.13. The molecule has 170 valence electrons. The Hall–Kier alpha value is -4.10. The van der Waals surface area contributed by atoms with Crippen LogP contribution in [0.3, 0.4) is 0 Å². The van der Waals surface area contributed by atoms with Gasteiger partial charge in [0, 0.05) is 22.4 Å². The van der Waals surface area contributed by atoms with Crippen molar-refractivity contribution in [1.82, 2.24) is 4.68 Å². The second-order valence-electron chi connectivity index (χ2n) is 7.52. The van der Waals surface area contributed by atoms with Crippen LogP contribution >= 0.6 is 11.3 Å². The Labute approximate surface area is 201 Å². The topological polar surface area (TPSA) is 61.2 Å². The van der Waals surface area contributed by atoms with Crippen LogP contribution in [0.5, 0.6) is 11.5 Å². The minimum absolute atomic E-state index is 0.558. The minimum atomic E-state index is 0.558. The lowest BCUT2D eigenvalue weighted by Gasteiger charge is -2.07. The van der Waals surface area contributed by atoms with Crippen LogP contribution in [0.1, 0.15) is 11.1 Å². The lowest BCUT2D eigenvalue weighted by Crippen LogP contribution is -2.12. The first kappa shape index (κ1) is 21.7. The second kappa shape index (κ2) is 9.80. The van der Waals surface area contributed by atoms with Gasteiger partial charge in [-0.2, -0.15) is 5.10 Å². The van der Waals surface area contributed by atoms with Crippen LogP contribution < -0.4 is 14.3 Å². The molecule has 5 rings (SSSR count). The van der Waals surface area contributed by atoms with Gasteiger partial charge in [-0.1, -0.05) is 48.5 Å². The monoisotopic (exact) mass is 469 g/mol. The summed E-state index contributed by atoms with van der Waals surface area (Å²) in [5.41, 5.74) is 3.62.